The molecule has 0 unspecified atom stereocenters. The van der Waals surface area contributed by atoms with Crippen LogP contribution in [0.3, 0.4) is 0 Å². The fourth-order valence-corrected chi connectivity index (χ4v) is 3.96. The lowest BCUT2D eigenvalue weighted by Crippen LogP contribution is -2.36. The summed E-state index contributed by atoms with van der Waals surface area (Å²) in [6, 6.07) is 8.90. The maximum absolute atomic E-state index is 12.5. The molecular formula is C24H28N6O3. The van der Waals surface area contributed by atoms with Crippen molar-refractivity contribution in [1.82, 2.24) is 19.7 Å². The first-order valence-corrected chi connectivity index (χ1v) is 11.0. The molecule has 1 amide bonds. The van der Waals surface area contributed by atoms with Crippen LogP contribution in [0.2, 0.25) is 0 Å². The molecule has 1 saturated heterocycles. The van der Waals surface area contributed by atoms with Crippen LogP contribution in [-0.2, 0) is 16.0 Å². The number of ketones is 1. The summed E-state index contributed by atoms with van der Waals surface area (Å²) in [5, 5.41) is 7.55. The number of rotatable bonds is 7. The van der Waals surface area contributed by atoms with E-state index in [1.807, 2.05) is 24.6 Å². The van der Waals surface area contributed by atoms with E-state index in [1.54, 1.807) is 30.6 Å². The molecular weight excluding hydrogens is 420 g/mol. The van der Waals surface area contributed by atoms with Crippen LogP contribution in [0.4, 0.5) is 11.5 Å². The molecule has 3 aromatic rings. The molecule has 0 spiro atoms. The van der Waals surface area contributed by atoms with Gasteiger partial charge < -0.3 is 15.0 Å². The van der Waals surface area contributed by atoms with Gasteiger partial charge in [0.15, 0.2) is 11.6 Å². The molecule has 33 heavy (non-hydrogen) atoms. The van der Waals surface area contributed by atoms with Crippen molar-refractivity contribution in [3.8, 4) is 5.82 Å². The molecule has 4 rings (SSSR count). The van der Waals surface area contributed by atoms with E-state index < -0.39 is 0 Å². The zero-order chi connectivity index (χ0) is 23.4. The third-order valence-electron chi connectivity index (χ3n) is 5.79. The van der Waals surface area contributed by atoms with E-state index in [-0.39, 0.29) is 11.7 Å². The lowest BCUT2D eigenvalue weighted by atomic mass is 10.1. The normalized spacial score (nSPS) is 13.7. The van der Waals surface area contributed by atoms with E-state index in [1.165, 1.54) is 6.92 Å². The third kappa shape index (κ3) is 5.25. The molecule has 1 aromatic carbocycles. The summed E-state index contributed by atoms with van der Waals surface area (Å²) in [5.74, 6) is 1.40. The van der Waals surface area contributed by atoms with Gasteiger partial charge in [0.2, 0.25) is 5.91 Å². The number of nitrogens with zero attached hydrogens (tertiary/aromatic N) is 5. The highest BCUT2D eigenvalue weighted by Crippen LogP contribution is 2.21. The first-order chi connectivity index (χ1) is 15.9. The predicted molar refractivity (Wildman–Crippen MR) is 125 cm³/mol. The zero-order valence-electron chi connectivity index (χ0n) is 19.2. The second-order valence-electron chi connectivity index (χ2n) is 8.08. The first kappa shape index (κ1) is 22.6. The molecule has 0 aliphatic carbocycles. The van der Waals surface area contributed by atoms with Crippen LogP contribution in [0.25, 0.3) is 5.82 Å². The van der Waals surface area contributed by atoms with Gasteiger partial charge in [0.25, 0.3) is 0 Å². The van der Waals surface area contributed by atoms with E-state index in [2.05, 4.69) is 25.3 Å². The number of morpholine rings is 1. The number of nitrogens with one attached hydrogen (secondary N) is 1. The Bertz CT molecular complexity index is 1170. The number of aryl methyl sites for hydroxylation is 1. The molecule has 1 aliphatic heterocycles. The highest BCUT2D eigenvalue weighted by molar-refractivity contribution is 5.97. The van der Waals surface area contributed by atoms with E-state index in [0.29, 0.717) is 43.1 Å². The van der Waals surface area contributed by atoms with Crippen LogP contribution in [0.1, 0.15) is 40.7 Å². The first-order valence-electron chi connectivity index (χ1n) is 11.0. The summed E-state index contributed by atoms with van der Waals surface area (Å²) < 4.78 is 7.23. The minimum atomic E-state index is -0.112. The number of anilines is 2. The van der Waals surface area contributed by atoms with Crippen molar-refractivity contribution in [3.05, 3.63) is 59.2 Å². The zero-order valence-corrected chi connectivity index (χ0v) is 19.2. The Morgan fingerprint density at radius 1 is 1.09 bits per heavy atom. The summed E-state index contributed by atoms with van der Waals surface area (Å²) in [7, 11) is 0. The monoisotopic (exact) mass is 448 g/mol. The van der Waals surface area contributed by atoms with Crippen molar-refractivity contribution in [3.63, 3.8) is 0 Å². The minimum Gasteiger partial charge on any atom is -0.378 e. The number of Topliss-reactive ketones (excluding diaryl/α,β-unsaturated/α-hetero) is 1. The number of hydrogen-bond donors (Lipinski definition) is 1. The Labute approximate surface area is 192 Å². The van der Waals surface area contributed by atoms with E-state index in [4.69, 9.17) is 4.74 Å². The van der Waals surface area contributed by atoms with Gasteiger partial charge in [0.05, 0.1) is 18.9 Å². The van der Waals surface area contributed by atoms with Crippen LogP contribution in [0, 0.1) is 13.8 Å². The molecule has 172 valence electrons. The number of amides is 1. The number of aromatic nitrogens is 4. The van der Waals surface area contributed by atoms with E-state index in [9.17, 15) is 9.59 Å². The Morgan fingerprint density at radius 2 is 1.85 bits per heavy atom. The summed E-state index contributed by atoms with van der Waals surface area (Å²) in [6.45, 7) is 8.39. The van der Waals surface area contributed by atoms with Crippen LogP contribution in [0.15, 0.2) is 36.7 Å². The fraction of sp³-hybridized carbons (Fsp3) is 0.375. The predicted octanol–water partition coefficient (Wildman–Crippen LogP) is 2.89. The molecule has 0 bridgehead atoms. The maximum atomic E-state index is 12.5. The van der Waals surface area contributed by atoms with Crippen molar-refractivity contribution in [2.75, 3.05) is 36.5 Å². The molecule has 1 fully saturated rings. The Balaban J connectivity index is 1.45. The Morgan fingerprint density at radius 3 is 2.61 bits per heavy atom. The molecule has 2 aromatic heterocycles. The van der Waals surface area contributed by atoms with Crippen molar-refractivity contribution in [2.45, 2.75) is 33.6 Å². The van der Waals surface area contributed by atoms with Gasteiger partial charge in [0, 0.05) is 42.5 Å². The lowest BCUT2D eigenvalue weighted by molar-refractivity contribution is -0.116. The third-order valence-corrected chi connectivity index (χ3v) is 5.79. The number of carbonyl (C=O) groups is 2. The van der Waals surface area contributed by atoms with Gasteiger partial charge >= 0.3 is 0 Å². The Hall–Kier alpha value is -3.59. The second kappa shape index (κ2) is 9.91. The van der Waals surface area contributed by atoms with Crippen molar-refractivity contribution in [2.24, 2.45) is 0 Å². The van der Waals surface area contributed by atoms with Crippen molar-refractivity contribution >= 4 is 23.2 Å². The Kier molecular flexibility index (Phi) is 6.79. The molecule has 9 nitrogen and oxygen atoms in total. The van der Waals surface area contributed by atoms with E-state index in [0.717, 1.165) is 35.9 Å². The number of benzene rings is 1. The summed E-state index contributed by atoms with van der Waals surface area (Å²) in [5.41, 5.74) is 4.03. The van der Waals surface area contributed by atoms with Gasteiger partial charge in [-0.3, -0.25) is 9.59 Å². The molecule has 1 N–H and O–H groups in total. The smallest absolute Gasteiger partial charge is 0.224 e. The highest BCUT2D eigenvalue weighted by Gasteiger charge is 2.18. The molecule has 0 saturated carbocycles. The largest absolute Gasteiger partial charge is 0.378 e. The second-order valence-corrected chi connectivity index (χ2v) is 8.08. The van der Waals surface area contributed by atoms with Crippen molar-refractivity contribution in [1.29, 1.82) is 0 Å². The summed E-state index contributed by atoms with van der Waals surface area (Å²) in [4.78, 5) is 35.1. The SMILES string of the molecule is CC(=O)c1cccc(NC(=O)CCc2c(C)nn(-c3cc(N4CCOCC4)ncn3)c2C)c1. The molecule has 9 heteroatoms. The van der Waals surface area contributed by atoms with Crippen molar-refractivity contribution < 1.29 is 14.3 Å². The fourth-order valence-electron chi connectivity index (χ4n) is 3.96. The average Bonchev–Trinajstić information content (AvgIpc) is 3.11. The summed E-state index contributed by atoms with van der Waals surface area (Å²) >= 11 is 0. The van der Waals surface area contributed by atoms with Crippen LogP contribution >= 0.6 is 0 Å². The van der Waals surface area contributed by atoms with Gasteiger partial charge in [-0.1, -0.05) is 12.1 Å². The molecule has 1 aliphatic rings. The highest BCUT2D eigenvalue weighted by atomic mass is 16.5. The van der Waals surface area contributed by atoms with Crippen LogP contribution in [-0.4, -0.2) is 57.7 Å². The minimum absolute atomic E-state index is 0.0359. The van der Waals surface area contributed by atoms with Gasteiger partial charge in [0.1, 0.15) is 12.1 Å². The van der Waals surface area contributed by atoms with E-state index >= 15 is 0 Å². The van der Waals surface area contributed by atoms with Gasteiger partial charge in [-0.15, -0.1) is 0 Å². The number of ether oxygens (including phenoxy) is 1. The van der Waals surface area contributed by atoms with Gasteiger partial charge in [-0.05, 0) is 44.9 Å². The topological polar surface area (TPSA) is 102 Å². The van der Waals surface area contributed by atoms with Gasteiger partial charge in [-0.2, -0.15) is 5.10 Å². The number of carbonyl (C=O) groups excluding carboxylic acids is 2. The molecule has 3 heterocycles. The summed E-state index contributed by atoms with van der Waals surface area (Å²) in [6.07, 6.45) is 2.41. The average molecular weight is 449 g/mol. The van der Waals surface area contributed by atoms with Crippen LogP contribution < -0.4 is 10.2 Å². The standard InChI is InChI=1S/C24H28N6O3/c1-16-21(7-8-24(32)27-20-6-4-5-19(13-20)18(3)31)17(2)30(28-16)23-14-22(25-15-26-23)29-9-11-33-12-10-29/h4-6,13-15H,7-12H2,1-3H3,(H,27,32). The maximum Gasteiger partial charge on any atom is 0.224 e. The lowest BCUT2D eigenvalue weighted by Gasteiger charge is -2.27. The van der Waals surface area contributed by atoms with Crippen LogP contribution in [0.5, 0.6) is 0 Å². The number of hydrogen-bond acceptors (Lipinski definition) is 7. The molecule has 0 atom stereocenters. The molecule has 0 radical (unpaired) electrons. The van der Waals surface area contributed by atoms with Gasteiger partial charge in [-0.25, -0.2) is 14.6 Å². The quantitative estimate of drug-likeness (QED) is 0.555.